The number of rotatable bonds is 6. The Morgan fingerprint density at radius 1 is 1.04 bits per heavy atom. The Labute approximate surface area is 167 Å². The molecule has 0 fully saturated rings. The molecule has 6 nitrogen and oxygen atoms in total. The topological polar surface area (TPSA) is 86.7 Å². The highest BCUT2D eigenvalue weighted by atomic mass is 32.2. The lowest BCUT2D eigenvalue weighted by molar-refractivity contribution is -0.120. The van der Waals surface area contributed by atoms with Gasteiger partial charge in [-0.25, -0.2) is 4.90 Å². The number of aliphatic hydroxyl groups excluding tert-OH is 1. The first-order valence-corrected chi connectivity index (χ1v) is 9.72. The molecule has 2 aromatic rings. The van der Waals surface area contributed by atoms with Gasteiger partial charge in [0.05, 0.1) is 22.8 Å². The molecule has 0 unspecified atom stereocenters. The summed E-state index contributed by atoms with van der Waals surface area (Å²) in [6, 6.07) is 13.9. The molecule has 0 saturated heterocycles. The van der Waals surface area contributed by atoms with Crippen LogP contribution in [-0.2, 0) is 14.4 Å². The molecule has 144 valence electrons. The van der Waals surface area contributed by atoms with Gasteiger partial charge < -0.3 is 10.4 Å². The van der Waals surface area contributed by atoms with E-state index in [-0.39, 0.29) is 12.5 Å². The predicted octanol–water partition coefficient (Wildman–Crippen LogP) is 2.96. The number of hydrogen-bond acceptors (Lipinski definition) is 5. The quantitative estimate of drug-likeness (QED) is 0.733. The molecular weight excluding hydrogens is 376 g/mol. The Bertz CT molecular complexity index is 949. The van der Waals surface area contributed by atoms with Gasteiger partial charge in [0.2, 0.25) is 5.91 Å². The van der Waals surface area contributed by atoms with Crippen LogP contribution in [0.3, 0.4) is 0 Å². The van der Waals surface area contributed by atoms with E-state index in [1.165, 1.54) is 6.92 Å². The van der Waals surface area contributed by atoms with E-state index in [1.807, 2.05) is 19.1 Å². The summed E-state index contributed by atoms with van der Waals surface area (Å²) in [5.74, 6) is -0.678. The van der Waals surface area contributed by atoms with Crippen LogP contribution in [-0.4, -0.2) is 35.2 Å². The lowest BCUT2D eigenvalue weighted by Crippen LogP contribution is -2.31. The third kappa shape index (κ3) is 4.00. The number of carbonyl (C=O) groups excluding carboxylic acids is 3. The molecule has 2 aromatic carbocycles. The first kappa shape index (κ1) is 19.9. The van der Waals surface area contributed by atoms with Crippen molar-refractivity contribution in [3.8, 4) is 0 Å². The zero-order chi connectivity index (χ0) is 20.3. The summed E-state index contributed by atoms with van der Waals surface area (Å²) >= 11 is 1.16. The van der Waals surface area contributed by atoms with Gasteiger partial charge in [0.25, 0.3) is 11.8 Å². The highest BCUT2D eigenvalue weighted by Crippen LogP contribution is 2.38. The van der Waals surface area contributed by atoms with Crippen molar-refractivity contribution in [1.29, 1.82) is 0 Å². The summed E-state index contributed by atoms with van der Waals surface area (Å²) in [7, 11) is 0. The molecule has 0 spiro atoms. The summed E-state index contributed by atoms with van der Waals surface area (Å²) in [6.07, 6.45) is 0. The summed E-state index contributed by atoms with van der Waals surface area (Å²) in [6.45, 7) is 3.24. The van der Waals surface area contributed by atoms with E-state index in [0.29, 0.717) is 33.2 Å². The van der Waals surface area contributed by atoms with Crippen LogP contribution in [0.2, 0.25) is 0 Å². The van der Waals surface area contributed by atoms with Crippen LogP contribution in [0.25, 0.3) is 5.57 Å². The second-order valence-corrected chi connectivity index (χ2v) is 7.42. The maximum Gasteiger partial charge on any atom is 0.272 e. The highest BCUT2D eigenvalue weighted by molar-refractivity contribution is 8.04. The molecule has 3 rings (SSSR count). The Kier molecular flexibility index (Phi) is 5.96. The zero-order valence-corrected chi connectivity index (χ0v) is 16.4. The number of carbonyl (C=O) groups is 3. The predicted molar refractivity (Wildman–Crippen MR) is 111 cm³/mol. The molecule has 0 aromatic heterocycles. The number of thioether (sulfide) groups is 1. The molecule has 7 heteroatoms. The summed E-state index contributed by atoms with van der Waals surface area (Å²) in [5, 5.41) is 11.8. The van der Waals surface area contributed by atoms with Crippen molar-refractivity contribution in [3.63, 3.8) is 0 Å². The van der Waals surface area contributed by atoms with E-state index in [4.69, 9.17) is 0 Å². The maximum absolute atomic E-state index is 13.1. The standard InChI is InChI=1S/C21H20N2O4S/c1-13-3-9-17(10-4-13)23-20(26)18(19(21(23)27)28-12-11-24)15-5-7-16(8-6-15)22-14(2)25/h3-10,24H,11-12H2,1-2H3,(H,22,25). The fourth-order valence-corrected chi connectivity index (χ4v) is 3.76. The van der Waals surface area contributed by atoms with Crippen LogP contribution in [0.1, 0.15) is 18.1 Å². The average Bonchev–Trinajstić information content (AvgIpc) is 2.91. The molecule has 3 amide bonds. The van der Waals surface area contributed by atoms with Gasteiger partial charge in [-0.2, -0.15) is 0 Å². The van der Waals surface area contributed by atoms with E-state index in [9.17, 15) is 19.5 Å². The Morgan fingerprint density at radius 3 is 2.25 bits per heavy atom. The van der Waals surface area contributed by atoms with E-state index in [0.717, 1.165) is 22.2 Å². The fourth-order valence-electron chi connectivity index (χ4n) is 2.90. The lowest BCUT2D eigenvalue weighted by Gasteiger charge is -2.15. The molecule has 0 bridgehead atoms. The smallest absolute Gasteiger partial charge is 0.272 e. The SMILES string of the molecule is CC(=O)Nc1ccc(C2=C(SCCO)C(=O)N(c3ccc(C)cc3)C2=O)cc1. The Balaban J connectivity index is 2.00. The number of nitrogens with one attached hydrogen (secondary N) is 1. The van der Waals surface area contributed by atoms with Crippen molar-refractivity contribution >= 4 is 46.4 Å². The average molecular weight is 396 g/mol. The number of amides is 3. The number of imide groups is 1. The van der Waals surface area contributed by atoms with Crippen molar-refractivity contribution in [2.24, 2.45) is 0 Å². The van der Waals surface area contributed by atoms with E-state index >= 15 is 0 Å². The summed E-state index contributed by atoms with van der Waals surface area (Å²) < 4.78 is 0. The molecule has 0 aliphatic carbocycles. The van der Waals surface area contributed by atoms with Gasteiger partial charge in [-0.05, 0) is 36.8 Å². The Hall–Kier alpha value is -2.90. The maximum atomic E-state index is 13.1. The van der Waals surface area contributed by atoms with Gasteiger partial charge in [0.15, 0.2) is 0 Å². The number of aryl methyl sites for hydroxylation is 1. The van der Waals surface area contributed by atoms with Gasteiger partial charge in [-0.15, -0.1) is 11.8 Å². The third-order valence-corrected chi connectivity index (χ3v) is 5.22. The minimum absolute atomic E-state index is 0.102. The van der Waals surface area contributed by atoms with Crippen LogP contribution in [0, 0.1) is 6.92 Å². The third-order valence-electron chi connectivity index (χ3n) is 4.17. The highest BCUT2D eigenvalue weighted by Gasteiger charge is 2.40. The van der Waals surface area contributed by atoms with Gasteiger partial charge in [-0.1, -0.05) is 29.8 Å². The number of anilines is 2. The van der Waals surface area contributed by atoms with Crippen LogP contribution >= 0.6 is 11.8 Å². The minimum atomic E-state index is -0.401. The molecular formula is C21H20N2O4S. The second kappa shape index (κ2) is 8.41. The number of nitrogens with zero attached hydrogens (tertiary/aromatic N) is 1. The zero-order valence-electron chi connectivity index (χ0n) is 15.6. The molecule has 0 atom stereocenters. The first-order chi connectivity index (χ1) is 13.4. The molecule has 28 heavy (non-hydrogen) atoms. The summed E-state index contributed by atoms with van der Waals surface area (Å²) in [5.41, 5.74) is 3.03. The van der Waals surface area contributed by atoms with Gasteiger partial charge in [0, 0.05) is 18.4 Å². The van der Waals surface area contributed by atoms with E-state index in [2.05, 4.69) is 5.32 Å². The monoisotopic (exact) mass is 396 g/mol. The van der Waals surface area contributed by atoms with Gasteiger partial charge in [0.1, 0.15) is 0 Å². The number of benzene rings is 2. The van der Waals surface area contributed by atoms with Crippen molar-refractivity contribution in [2.45, 2.75) is 13.8 Å². The van der Waals surface area contributed by atoms with Crippen molar-refractivity contribution < 1.29 is 19.5 Å². The second-order valence-electron chi connectivity index (χ2n) is 6.32. The molecule has 2 N–H and O–H groups in total. The molecule has 0 saturated carbocycles. The first-order valence-electron chi connectivity index (χ1n) is 8.73. The molecule has 1 aliphatic rings. The van der Waals surface area contributed by atoms with E-state index in [1.54, 1.807) is 36.4 Å². The van der Waals surface area contributed by atoms with Gasteiger partial charge >= 0.3 is 0 Å². The normalized spacial score (nSPS) is 14.0. The van der Waals surface area contributed by atoms with Crippen molar-refractivity contribution in [2.75, 3.05) is 22.6 Å². The molecule has 1 heterocycles. The van der Waals surface area contributed by atoms with Crippen LogP contribution < -0.4 is 10.2 Å². The number of aliphatic hydroxyl groups is 1. The van der Waals surface area contributed by atoms with Gasteiger partial charge in [-0.3, -0.25) is 14.4 Å². The minimum Gasteiger partial charge on any atom is -0.396 e. The van der Waals surface area contributed by atoms with Crippen LogP contribution in [0.15, 0.2) is 53.4 Å². The Morgan fingerprint density at radius 2 is 1.68 bits per heavy atom. The lowest BCUT2D eigenvalue weighted by atomic mass is 10.1. The number of hydrogen-bond donors (Lipinski definition) is 2. The largest absolute Gasteiger partial charge is 0.396 e. The van der Waals surface area contributed by atoms with Crippen molar-refractivity contribution in [1.82, 2.24) is 0 Å². The molecule has 1 aliphatic heterocycles. The summed E-state index contributed by atoms with van der Waals surface area (Å²) in [4.78, 5) is 38.8. The fraction of sp³-hybridized carbons (Fsp3) is 0.190. The van der Waals surface area contributed by atoms with Crippen molar-refractivity contribution in [3.05, 3.63) is 64.6 Å². The van der Waals surface area contributed by atoms with E-state index < -0.39 is 11.8 Å². The molecule has 0 radical (unpaired) electrons. The van der Waals surface area contributed by atoms with Crippen LogP contribution in [0.5, 0.6) is 0 Å². The van der Waals surface area contributed by atoms with Crippen LogP contribution in [0.4, 0.5) is 11.4 Å².